The zero-order valence-corrected chi connectivity index (χ0v) is 9.45. The van der Waals surface area contributed by atoms with E-state index in [1.165, 1.54) is 0 Å². The highest BCUT2D eigenvalue weighted by Crippen LogP contribution is 2.22. The van der Waals surface area contributed by atoms with Gasteiger partial charge < -0.3 is 10.5 Å². The topological polar surface area (TPSA) is 48.1 Å². The van der Waals surface area contributed by atoms with Gasteiger partial charge in [-0.2, -0.15) is 0 Å². The number of nitrogens with two attached hydrogens (primary N) is 1. The first kappa shape index (κ1) is 11.0. The molecular formula is C8H14N2OS2. The number of rotatable bonds is 5. The quantitative estimate of drug-likeness (QED) is 0.761. The Morgan fingerprint density at radius 2 is 2.54 bits per heavy atom. The summed E-state index contributed by atoms with van der Waals surface area (Å²) >= 11 is 3.36. The van der Waals surface area contributed by atoms with Gasteiger partial charge in [-0.1, -0.05) is 11.8 Å². The molecule has 0 saturated heterocycles. The number of thioether (sulfide) groups is 1. The molecule has 1 aromatic heterocycles. The fraction of sp³-hybridized carbons (Fsp3) is 0.625. The van der Waals surface area contributed by atoms with E-state index in [2.05, 4.69) is 4.98 Å². The van der Waals surface area contributed by atoms with Crippen molar-refractivity contribution in [2.75, 3.05) is 19.5 Å². The molecule has 1 aromatic rings. The average molecular weight is 218 g/mol. The first-order valence-electron chi connectivity index (χ1n) is 4.02. The summed E-state index contributed by atoms with van der Waals surface area (Å²) in [5, 5.41) is 2.05. The molecule has 0 aliphatic rings. The number of aryl methyl sites for hydroxylation is 1. The van der Waals surface area contributed by atoms with Crippen molar-refractivity contribution >= 4 is 23.1 Å². The van der Waals surface area contributed by atoms with Crippen LogP contribution in [0, 0.1) is 6.92 Å². The summed E-state index contributed by atoms with van der Waals surface area (Å²) in [6.45, 7) is 2.60. The highest BCUT2D eigenvalue weighted by molar-refractivity contribution is 8.01. The average Bonchev–Trinajstić information content (AvgIpc) is 2.49. The van der Waals surface area contributed by atoms with Gasteiger partial charge in [-0.3, -0.25) is 0 Å². The van der Waals surface area contributed by atoms with Gasteiger partial charge in [0, 0.05) is 30.0 Å². The molecule has 1 unspecified atom stereocenters. The van der Waals surface area contributed by atoms with Crippen LogP contribution in [0.2, 0.25) is 0 Å². The molecule has 1 heterocycles. The minimum absolute atomic E-state index is 0.0965. The summed E-state index contributed by atoms with van der Waals surface area (Å²) in [4.78, 5) is 4.33. The van der Waals surface area contributed by atoms with E-state index in [-0.39, 0.29) is 6.04 Å². The molecule has 13 heavy (non-hydrogen) atoms. The highest BCUT2D eigenvalue weighted by atomic mass is 32.2. The van der Waals surface area contributed by atoms with Crippen LogP contribution in [0.15, 0.2) is 9.72 Å². The maximum absolute atomic E-state index is 5.77. The van der Waals surface area contributed by atoms with Crippen LogP contribution in [0.3, 0.4) is 0 Å². The number of hydrogen-bond acceptors (Lipinski definition) is 5. The van der Waals surface area contributed by atoms with Crippen molar-refractivity contribution < 1.29 is 4.74 Å². The van der Waals surface area contributed by atoms with Crippen molar-refractivity contribution in [2.45, 2.75) is 17.3 Å². The molecule has 0 bridgehead atoms. The fourth-order valence-electron chi connectivity index (χ4n) is 0.839. The van der Waals surface area contributed by atoms with E-state index < -0.39 is 0 Å². The van der Waals surface area contributed by atoms with Crippen LogP contribution < -0.4 is 5.73 Å². The monoisotopic (exact) mass is 218 g/mol. The summed E-state index contributed by atoms with van der Waals surface area (Å²) < 4.78 is 6.03. The Balaban J connectivity index is 2.26. The first-order valence-corrected chi connectivity index (χ1v) is 5.88. The van der Waals surface area contributed by atoms with Crippen molar-refractivity contribution in [1.82, 2.24) is 4.98 Å². The van der Waals surface area contributed by atoms with E-state index in [1.54, 1.807) is 30.2 Å². The Bertz CT molecular complexity index is 252. The lowest BCUT2D eigenvalue weighted by atomic mass is 10.4. The fourth-order valence-corrected chi connectivity index (χ4v) is 2.64. The van der Waals surface area contributed by atoms with Crippen molar-refractivity contribution in [1.29, 1.82) is 0 Å². The van der Waals surface area contributed by atoms with E-state index in [0.29, 0.717) is 6.61 Å². The maximum Gasteiger partial charge on any atom is 0.150 e. The van der Waals surface area contributed by atoms with Crippen LogP contribution in [0.25, 0.3) is 0 Å². The van der Waals surface area contributed by atoms with Crippen molar-refractivity contribution in [3.63, 3.8) is 0 Å². The van der Waals surface area contributed by atoms with Crippen LogP contribution in [0.4, 0.5) is 0 Å². The third kappa shape index (κ3) is 4.08. The first-order chi connectivity index (χ1) is 6.22. The lowest BCUT2D eigenvalue weighted by molar-refractivity contribution is 0.186. The normalized spacial score (nSPS) is 13.2. The SMILES string of the molecule is COCC(N)CSc1nc(C)cs1. The molecular weight excluding hydrogens is 204 g/mol. The zero-order valence-electron chi connectivity index (χ0n) is 7.82. The second kappa shape index (κ2) is 5.59. The molecule has 0 saturated carbocycles. The van der Waals surface area contributed by atoms with Crippen molar-refractivity contribution in [2.24, 2.45) is 5.73 Å². The summed E-state index contributed by atoms with van der Waals surface area (Å²) in [6, 6.07) is 0.0965. The Morgan fingerprint density at radius 3 is 3.08 bits per heavy atom. The van der Waals surface area contributed by atoms with Crippen LogP contribution >= 0.6 is 23.1 Å². The number of aromatic nitrogens is 1. The van der Waals surface area contributed by atoms with Gasteiger partial charge in [0.25, 0.3) is 0 Å². The molecule has 0 amide bonds. The predicted octanol–water partition coefficient (Wildman–Crippen LogP) is 1.52. The van der Waals surface area contributed by atoms with Crippen molar-refractivity contribution in [3.05, 3.63) is 11.1 Å². The second-order valence-corrected chi connectivity index (χ2v) is 4.91. The third-order valence-electron chi connectivity index (χ3n) is 1.40. The standard InChI is InChI=1S/C8H14N2OS2/c1-6-4-12-8(10-6)13-5-7(9)3-11-2/h4,7H,3,5,9H2,1-2H3. The second-order valence-electron chi connectivity index (χ2n) is 2.78. The van der Waals surface area contributed by atoms with Crippen LogP contribution in [0.5, 0.6) is 0 Å². The van der Waals surface area contributed by atoms with E-state index in [0.717, 1.165) is 15.8 Å². The number of thiazole rings is 1. The summed E-state index contributed by atoms with van der Waals surface area (Å²) in [7, 11) is 1.66. The zero-order chi connectivity index (χ0) is 9.68. The number of hydrogen-bond donors (Lipinski definition) is 1. The van der Waals surface area contributed by atoms with Gasteiger partial charge in [0.2, 0.25) is 0 Å². The Morgan fingerprint density at radius 1 is 1.77 bits per heavy atom. The predicted molar refractivity (Wildman–Crippen MR) is 57.4 cm³/mol. The summed E-state index contributed by atoms with van der Waals surface area (Å²) in [5.74, 6) is 0.862. The lowest BCUT2D eigenvalue weighted by Crippen LogP contribution is -2.27. The Labute approximate surface area is 86.7 Å². The molecule has 3 nitrogen and oxygen atoms in total. The lowest BCUT2D eigenvalue weighted by Gasteiger charge is -2.07. The van der Waals surface area contributed by atoms with Crippen LogP contribution in [-0.4, -0.2) is 30.5 Å². The minimum Gasteiger partial charge on any atom is -0.383 e. The van der Waals surface area contributed by atoms with E-state index in [1.807, 2.05) is 12.3 Å². The smallest absolute Gasteiger partial charge is 0.150 e. The number of methoxy groups -OCH3 is 1. The van der Waals surface area contributed by atoms with Gasteiger partial charge >= 0.3 is 0 Å². The van der Waals surface area contributed by atoms with Gasteiger partial charge in [0.1, 0.15) is 4.34 Å². The molecule has 74 valence electrons. The molecule has 0 fully saturated rings. The Kier molecular flexibility index (Phi) is 4.72. The van der Waals surface area contributed by atoms with Crippen LogP contribution in [-0.2, 0) is 4.74 Å². The minimum atomic E-state index is 0.0965. The van der Waals surface area contributed by atoms with Crippen molar-refractivity contribution in [3.8, 4) is 0 Å². The molecule has 0 aliphatic heterocycles. The molecule has 5 heteroatoms. The largest absolute Gasteiger partial charge is 0.383 e. The van der Waals surface area contributed by atoms with Gasteiger partial charge in [0.15, 0.2) is 0 Å². The number of nitrogens with zero attached hydrogens (tertiary/aromatic N) is 1. The van der Waals surface area contributed by atoms with Gasteiger partial charge in [-0.25, -0.2) is 4.98 Å². The van der Waals surface area contributed by atoms with E-state index in [4.69, 9.17) is 10.5 Å². The number of ether oxygens (including phenoxy) is 1. The molecule has 2 N–H and O–H groups in total. The van der Waals surface area contributed by atoms with Crippen LogP contribution in [0.1, 0.15) is 5.69 Å². The van der Waals surface area contributed by atoms with E-state index in [9.17, 15) is 0 Å². The Hall–Kier alpha value is -0.100. The molecule has 1 rings (SSSR count). The van der Waals surface area contributed by atoms with E-state index >= 15 is 0 Å². The molecule has 0 aliphatic carbocycles. The molecule has 0 aromatic carbocycles. The highest BCUT2D eigenvalue weighted by Gasteiger charge is 2.04. The van der Waals surface area contributed by atoms with Gasteiger partial charge in [0.05, 0.1) is 6.61 Å². The summed E-state index contributed by atoms with van der Waals surface area (Å²) in [6.07, 6.45) is 0. The van der Waals surface area contributed by atoms with Gasteiger partial charge in [-0.05, 0) is 6.92 Å². The maximum atomic E-state index is 5.77. The summed E-state index contributed by atoms with van der Waals surface area (Å²) in [5.41, 5.74) is 6.85. The third-order valence-corrected chi connectivity index (χ3v) is 3.73. The molecule has 0 spiro atoms. The molecule has 1 atom stereocenters. The van der Waals surface area contributed by atoms with Gasteiger partial charge in [-0.15, -0.1) is 11.3 Å². The molecule has 0 radical (unpaired) electrons.